The Bertz CT molecular complexity index is 812. The molecule has 7 heteroatoms. The molecule has 24 heavy (non-hydrogen) atoms. The quantitative estimate of drug-likeness (QED) is 0.741. The lowest BCUT2D eigenvalue weighted by Crippen LogP contribution is -2.39. The maximum atomic E-state index is 12.1. The first-order valence-corrected chi connectivity index (χ1v) is 7.06. The highest BCUT2D eigenvalue weighted by Crippen LogP contribution is 2.24. The van der Waals surface area contributed by atoms with Crippen molar-refractivity contribution in [3.63, 3.8) is 0 Å². The molecule has 0 saturated carbocycles. The van der Waals surface area contributed by atoms with Gasteiger partial charge in [0, 0.05) is 6.54 Å². The highest BCUT2D eigenvalue weighted by atomic mass is 16.5. The molecule has 0 aromatic heterocycles. The molecule has 0 fully saturated rings. The monoisotopic (exact) mass is 324 g/mol. The number of urea groups is 1. The molecular weight excluding hydrogens is 308 g/mol. The third kappa shape index (κ3) is 3.81. The summed E-state index contributed by atoms with van der Waals surface area (Å²) in [4.78, 5) is 24.0. The van der Waals surface area contributed by atoms with E-state index in [4.69, 9.17) is 15.7 Å². The molecule has 4 N–H and O–H groups in total. The maximum absolute atomic E-state index is 12.1. The molecule has 2 rings (SSSR count). The van der Waals surface area contributed by atoms with E-state index in [2.05, 4.69) is 10.6 Å². The number of imide groups is 1. The number of para-hydroxylation sites is 1. The van der Waals surface area contributed by atoms with Crippen molar-refractivity contribution < 1.29 is 14.3 Å². The minimum atomic E-state index is -0.685. The summed E-state index contributed by atoms with van der Waals surface area (Å²) in [5.41, 5.74) is 7.23. The molecule has 122 valence electrons. The highest BCUT2D eigenvalue weighted by molar-refractivity contribution is 6.07. The number of hydrogen-bond donors (Lipinski definition) is 3. The normalized spacial score (nSPS) is 9.67. The lowest BCUT2D eigenvalue weighted by atomic mass is 10.1. The van der Waals surface area contributed by atoms with E-state index in [0.29, 0.717) is 16.9 Å². The number of carbonyl (C=O) groups is 2. The minimum absolute atomic E-state index is 0.121. The van der Waals surface area contributed by atoms with E-state index in [-0.39, 0.29) is 17.8 Å². The molecule has 0 heterocycles. The van der Waals surface area contributed by atoms with Crippen LogP contribution in [0.5, 0.6) is 5.75 Å². The van der Waals surface area contributed by atoms with Gasteiger partial charge in [0.2, 0.25) is 0 Å². The van der Waals surface area contributed by atoms with Gasteiger partial charge in [-0.25, -0.2) is 4.79 Å². The van der Waals surface area contributed by atoms with Gasteiger partial charge in [0.1, 0.15) is 5.75 Å². The van der Waals surface area contributed by atoms with Gasteiger partial charge in [-0.2, -0.15) is 5.26 Å². The molecule has 0 aliphatic heterocycles. The van der Waals surface area contributed by atoms with Crippen LogP contribution in [-0.4, -0.2) is 19.0 Å². The summed E-state index contributed by atoms with van der Waals surface area (Å²) in [5, 5.41) is 13.7. The molecule has 2 aromatic carbocycles. The van der Waals surface area contributed by atoms with Crippen LogP contribution in [0.4, 0.5) is 10.5 Å². The Morgan fingerprint density at radius 3 is 2.67 bits per heavy atom. The molecule has 2 aromatic rings. The molecule has 3 amide bonds. The van der Waals surface area contributed by atoms with Gasteiger partial charge in [0.05, 0.1) is 30.0 Å². The maximum Gasteiger partial charge on any atom is 0.321 e. The Balaban J connectivity index is 2.00. The van der Waals surface area contributed by atoms with Crippen molar-refractivity contribution in [2.75, 3.05) is 12.8 Å². The molecule has 0 unspecified atom stereocenters. The van der Waals surface area contributed by atoms with Crippen molar-refractivity contribution in [1.82, 2.24) is 10.6 Å². The van der Waals surface area contributed by atoms with Crippen LogP contribution in [0.15, 0.2) is 42.5 Å². The van der Waals surface area contributed by atoms with Gasteiger partial charge in [-0.05, 0) is 23.8 Å². The van der Waals surface area contributed by atoms with Crippen LogP contribution in [0.2, 0.25) is 0 Å². The van der Waals surface area contributed by atoms with Crippen LogP contribution < -0.4 is 21.1 Å². The van der Waals surface area contributed by atoms with Crippen molar-refractivity contribution >= 4 is 17.6 Å². The summed E-state index contributed by atoms with van der Waals surface area (Å²) >= 11 is 0. The van der Waals surface area contributed by atoms with Crippen LogP contribution in [0.25, 0.3) is 0 Å². The Labute approximate surface area is 139 Å². The van der Waals surface area contributed by atoms with E-state index < -0.39 is 11.9 Å². The highest BCUT2D eigenvalue weighted by Gasteiger charge is 2.15. The summed E-state index contributed by atoms with van der Waals surface area (Å²) in [6.07, 6.45) is 0. The van der Waals surface area contributed by atoms with Crippen LogP contribution in [0.3, 0.4) is 0 Å². The third-order valence-corrected chi connectivity index (χ3v) is 3.33. The Hall–Kier alpha value is -3.53. The minimum Gasteiger partial charge on any atom is -0.495 e. The van der Waals surface area contributed by atoms with Crippen LogP contribution in [0.1, 0.15) is 21.5 Å². The second-order valence-electron chi connectivity index (χ2n) is 4.83. The molecule has 0 bridgehead atoms. The fraction of sp³-hybridized carbons (Fsp3) is 0.118. The van der Waals surface area contributed by atoms with Gasteiger partial charge in [-0.1, -0.05) is 24.3 Å². The predicted octanol–water partition coefficient (Wildman–Crippen LogP) is 1.79. The number of rotatable bonds is 4. The number of anilines is 1. The zero-order valence-corrected chi connectivity index (χ0v) is 13.0. The lowest BCUT2D eigenvalue weighted by Gasteiger charge is -2.11. The Kier molecular flexibility index (Phi) is 5.36. The van der Waals surface area contributed by atoms with Gasteiger partial charge in [-0.3, -0.25) is 10.1 Å². The summed E-state index contributed by atoms with van der Waals surface area (Å²) < 4.78 is 5.04. The molecule has 0 atom stereocenters. The fourth-order valence-electron chi connectivity index (χ4n) is 2.09. The molecule has 0 aliphatic rings. The Morgan fingerprint density at radius 2 is 1.96 bits per heavy atom. The number of amides is 3. The van der Waals surface area contributed by atoms with Crippen LogP contribution in [-0.2, 0) is 6.54 Å². The standard InChI is InChI=1S/C17H16N4O3/c1-24-14-8-4-7-13(15(14)19)16(22)21-17(23)20-10-12-6-3-2-5-11(12)9-18/h2-8H,10,19H2,1H3,(H2,20,21,22,23). The molecule has 7 nitrogen and oxygen atoms in total. The number of methoxy groups -OCH3 is 1. The molecule has 0 aliphatic carbocycles. The molecular formula is C17H16N4O3. The van der Waals surface area contributed by atoms with Crippen molar-refractivity contribution in [3.8, 4) is 11.8 Å². The van der Waals surface area contributed by atoms with Gasteiger partial charge in [0.25, 0.3) is 5.91 Å². The van der Waals surface area contributed by atoms with Crippen molar-refractivity contribution in [2.45, 2.75) is 6.54 Å². The summed E-state index contributed by atoms with van der Waals surface area (Å²) in [5.74, 6) is -0.288. The van der Waals surface area contributed by atoms with Crippen molar-refractivity contribution in [1.29, 1.82) is 5.26 Å². The second-order valence-corrected chi connectivity index (χ2v) is 4.83. The van der Waals surface area contributed by atoms with Gasteiger partial charge in [-0.15, -0.1) is 0 Å². The molecule has 0 saturated heterocycles. The van der Waals surface area contributed by atoms with Crippen molar-refractivity contribution in [3.05, 3.63) is 59.2 Å². The zero-order chi connectivity index (χ0) is 17.5. The summed E-state index contributed by atoms with van der Waals surface area (Å²) in [6, 6.07) is 12.9. The van der Waals surface area contributed by atoms with Gasteiger partial charge in [0.15, 0.2) is 0 Å². The predicted molar refractivity (Wildman–Crippen MR) is 88.3 cm³/mol. The lowest BCUT2D eigenvalue weighted by molar-refractivity contribution is 0.0964. The number of nitrogen functional groups attached to an aromatic ring is 1. The number of hydrogen-bond acceptors (Lipinski definition) is 5. The van der Waals surface area contributed by atoms with E-state index in [1.807, 2.05) is 6.07 Å². The van der Waals surface area contributed by atoms with E-state index in [1.165, 1.54) is 13.2 Å². The van der Waals surface area contributed by atoms with Gasteiger partial charge < -0.3 is 15.8 Å². The van der Waals surface area contributed by atoms with Gasteiger partial charge >= 0.3 is 6.03 Å². The topological polar surface area (TPSA) is 117 Å². The molecule has 0 radical (unpaired) electrons. The first-order valence-electron chi connectivity index (χ1n) is 7.06. The average molecular weight is 324 g/mol. The first kappa shape index (κ1) is 16.8. The largest absolute Gasteiger partial charge is 0.495 e. The first-order chi connectivity index (χ1) is 11.6. The number of nitrogens with zero attached hydrogens (tertiary/aromatic N) is 1. The summed E-state index contributed by atoms with van der Waals surface area (Å²) in [6.45, 7) is 0.121. The van der Waals surface area contributed by atoms with E-state index in [9.17, 15) is 9.59 Å². The Morgan fingerprint density at radius 1 is 1.21 bits per heavy atom. The van der Waals surface area contributed by atoms with E-state index >= 15 is 0 Å². The number of nitrogens with two attached hydrogens (primary N) is 1. The van der Waals surface area contributed by atoms with E-state index in [0.717, 1.165) is 0 Å². The number of ether oxygens (including phenoxy) is 1. The third-order valence-electron chi connectivity index (χ3n) is 3.33. The average Bonchev–Trinajstić information content (AvgIpc) is 2.60. The fourth-order valence-corrected chi connectivity index (χ4v) is 2.09. The number of benzene rings is 2. The van der Waals surface area contributed by atoms with Crippen LogP contribution >= 0.6 is 0 Å². The van der Waals surface area contributed by atoms with E-state index in [1.54, 1.807) is 36.4 Å². The van der Waals surface area contributed by atoms with Crippen LogP contribution in [0, 0.1) is 11.3 Å². The zero-order valence-electron chi connectivity index (χ0n) is 13.0. The number of nitrogens with one attached hydrogen (secondary N) is 2. The summed E-state index contributed by atoms with van der Waals surface area (Å²) in [7, 11) is 1.44. The SMILES string of the molecule is COc1cccc(C(=O)NC(=O)NCc2ccccc2C#N)c1N. The second kappa shape index (κ2) is 7.65. The molecule has 0 spiro atoms. The smallest absolute Gasteiger partial charge is 0.321 e. The number of nitriles is 1. The van der Waals surface area contributed by atoms with Crippen molar-refractivity contribution in [2.24, 2.45) is 0 Å². The number of carbonyl (C=O) groups excluding carboxylic acids is 2.